The Morgan fingerprint density at radius 2 is 2.05 bits per heavy atom. The molecule has 0 aliphatic carbocycles. The van der Waals surface area contributed by atoms with E-state index in [1.165, 1.54) is 12.1 Å². The van der Waals surface area contributed by atoms with E-state index < -0.39 is 34.4 Å². The van der Waals surface area contributed by atoms with Crippen LogP contribution in [0.5, 0.6) is 0 Å². The number of hydrogen-bond donors (Lipinski definition) is 0. The van der Waals surface area contributed by atoms with Crippen molar-refractivity contribution < 1.29 is 23.6 Å². The number of benzene rings is 1. The molecule has 2 unspecified atom stereocenters. The SMILES string of the molecule is CCOC(=O)C(Cc1cccc([N+](=O)[O-])c1F)C(C)OCC. The maximum Gasteiger partial charge on any atom is 0.311 e. The summed E-state index contributed by atoms with van der Waals surface area (Å²) in [5.41, 5.74) is -0.511. The predicted octanol–water partition coefficient (Wildman–Crippen LogP) is 2.88. The Labute approximate surface area is 128 Å². The van der Waals surface area contributed by atoms with Crippen LogP contribution in [0.15, 0.2) is 18.2 Å². The van der Waals surface area contributed by atoms with Gasteiger partial charge in [0, 0.05) is 12.7 Å². The molecule has 0 bridgehead atoms. The van der Waals surface area contributed by atoms with Crippen LogP contribution in [0.3, 0.4) is 0 Å². The van der Waals surface area contributed by atoms with Gasteiger partial charge in [-0.1, -0.05) is 12.1 Å². The number of esters is 1. The lowest BCUT2D eigenvalue weighted by Gasteiger charge is -2.22. The second-order valence-electron chi connectivity index (χ2n) is 4.73. The van der Waals surface area contributed by atoms with E-state index in [1.54, 1.807) is 20.8 Å². The number of ether oxygens (including phenoxy) is 2. The van der Waals surface area contributed by atoms with Gasteiger partial charge in [0.15, 0.2) is 0 Å². The number of carbonyl (C=O) groups is 1. The molecule has 22 heavy (non-hydrogen) atoms. The largest absolute Gasteiger partial charge is 0.466 e. The highest BCUT2D eigenvalue weighted by molar-refractivity contribution is 5.73. The molecule has 0 radical (unpaired) electrons. The van der Waals surface area contributed by atoms with E-state index in [0.717, 1.165) is 6.07 Å². The highest BCUT2D eigenvalue weighted by Crippen LogP contribution is 2.24. The van der Waals surface area contributed by atoms with Gasteiger partial charge in [0.25, 0.3) is 0 Å². The van der Waals surface area contributed by atoms with Gasteiger partial charge in [-0.25, -0.2) is 0 Å². The molecule has 0 aromatic heterocycles. The number of nitro benzene ring substituents is 1. The molecule has 0 amide bonds. The van der Waals surface area contributed by atoms with Crippen LogP contribution in [0, 0.1) is 21.8 Å². The molecule has 0 heterocycles. The van der Waals surface area contributed by atoms with Crippen LogP contribution in [0.2, 0.25) is 0 Å². The molecule has 0 fully saturated rings. The maximum absolute atomic E-state index is 14.1. The van der Waals surface area contributed by atoms with Crippen molar-refractivity contribution in [2.75, 3.05) is 13.2 Å². The van der Waals surface area contributed by atoms with Crippen LogP contribution in [0.4, 0.5) is 10.1 Å². The minimum absolute atomic E-state index is 0.0203. The van der Waals surface area contributed by atoms with Crippen LogP contribution >= 0.6 is 0 Å². The number of carbonyl (C=O) groups excluding carboxylic acids is 1. The summed E-state index contributed by atoms with van der Waals surface area (Å²) in [7, 11) is 0. The summed E-state index contributed by atoms with van der Waals surface area (Å²) in [5.74, 6) is -2.16. The molecule has 0 saturated heterocycles. The minimum Gasteiger partial charge on any atom is -0.466 e. The fraction of sp³-hybridized carbons (Fsp3) is 0.533. The highest BCUT2D eigenvalue weighted by Gasteiger charge is 2.29. The summed E-state index contributed by atoms with van der Waals surface area (Å²) < 4.78 is 24.5. The standard InChI is InChI=1S/C15H20FNO5/c1-4-21-10(3)12(15(18)22-5-2)9-11-7-6-8-13(14(11)16)17(19)20/h6-8,10,12H,4-5,9H2,1-3H3. The third-order valence-electron chi connectivity index (χ3n) is 3.28. The Hall–Kier alpha value is -2.02. The van der Waals surface area contributed by atoms with Gasteiger partial charge in [-0.3, -0.25) is 14.9 Å². The Balaban J connectivity index is 3.06. The van der Waals surface area contributed by atoms with Crippen LogP contribution in [-0.2, 0) is 20.7 Å². The van der Waals surface area contributed by atoms with Crippen LogP contribution < -0.4 is 0 Å². The van der Waals surface area contributed by atoms with E-state index >= 15 is 0 Å². The summed E-state index contributed by atoms with van der Waals surface area (Å²) in [6.07, 6.45) is -0.504. The number of nitro groups is 1. The van der Waals surface area contributed by atoms with Gasteiger partial charge in [0.2, 0.25) is 5.82 Å². The van der Waals surface area contributed by atoms with Crippen molar-refractivity contribution in [1.82, 2.24) is 0 Å². The Kier molecular flexibility index (Phi) is 6.91. The Bertz CT molecular complexity index is 535. The highest BCUT2D eigenvalue weighted by atomic mass is 19.1. The number of rotatable bonds is 8. The molecule has 1 aromatic carbocycles. The van der Waals surface area contributed by atoms with E-state index in [4.69, 9.17) is 9.47 Å². The summed E-state index contributed by atoms with van der Waals surface area (Å²) >= 11 is 0. The van der Waals surface area contributed by atoms with E-state index in [0.29, 0.717) is 6.61 Å². The van der Waals surface area contributed by atoms with E-state index in [-0.39, 0.29) is 18.6 Å². The smallest absolute Gasteiger partial charge is 0.311 e. The van der Waals surface area contributed by atoms with Crippen LogP contribution in [0.1, 0.15) is 26.3 Å². The van der Waals surface area contributed by atoms with Crippen molar-refractivity contribution in [2.24, 2.45) is 5.92 Å². The van der Waals surface area contributed by atoms with Crippen molar-refractivity contribution in [3.63, 3.8) is 0 Å². The maximum atomic E-state index is 14.1. The summed E-state index contributed by atoms with van der Waals surface area (Å²) in [4.78, 5) is 22.0. The lowest BCUT2D eigenvalue weighted by Crippen LogP contribution is -2.32. The van der Waals surface area contributed by atoms with Gasteiger partial charge in [0.05, 0.1) is 23.6 Å². The molecule has 1 aromatic rings. The first kappa shape index (κ1) is 18.0. The summed E-state index contributed by atoms with van der Waals surface area (Å²) in [6.45, 7) is 5.75. The number of halogens is 1. The van der Waals surface area contributed by atoms with Gasteiger partial charge in [0.1, 0.15) is 0 Å². The zero-order valence-electron chi connectivity index (χ0n) is 12.9. The lowest BCUT2D eigenvalue weighted by atomic mass is 9.94. The topological polar surface area (TPSA) is 78.7 Å². The molecule has 1 rings (SSSR count). The van der Waals surface area contributed by atoms with Crippen molar-refractivity contribution >= 4 is 11.7 Å². The second kappa shape index (κ2) is 8.43. The van der Waals surface area contributed by atoms with Crippen LogP contribution in [0.25, 0.3) is 0 Å². The van der Waals surface area contributed by atoms with Gasteiger partial charge < -0.3 is 9.47 Å². The van der Waals surface area contributed by atoms with Gasteiger partial charge in [-0.15, -0.1) is 0 Å². The molecular weight excluding hydrogens is 293 g/mol. The zero-order chi connectivity index (χ0) is 16.7. The normalized spacial score (nSPS) is 13.5. The number of nitrogens with zero attached hydrogens (tertiary/aromatic N) is 1. The second-order valence-corrected chi connectivity index (χ2v) is 4.73. The molecule has 0 aliphatic heterocycles. The number of hydrogen-bond acceptors (Lipinski definition) is 5. The summed E-state index contributed by atoms with van der Waals surface area (Å²) in [5, 5.41) is 10.8. The van der Waals surface area contributed by atoms with Crippen molar-refractivity contribution in [3.8, 4) is 0 Å². The quantitative estimate of drug-likeness (QED) is 0.419. The minimum atomic E-state index is -0.925. The summed E-state index contributed by atoms with van der Waals surface area (Å²) in [6, 6.07) is 3.90. The fourth-order valence-corrected chi connectivity index (χ4v) is 2.17. The first-order chi connectivity index (χ1) is 10.4. The van der Waals surface area contributed by atoms with E-state index in [9.17, 15) is 19.3 Å². The predicted molar refractivity (Wildman–Crippen MR) is 78.0 cm³/mol. The molecule has 2 atom stereocenters. The van der Waals surface area contributed by atoms with Crippen LogP contribution in [-0.4, -0.2) is 30.2 Å². The average molecular weight is 313 g/mol. The fourth-order valence-electron chi connectivity index (χ4n) is 2.17. The molecule has 122 valence electrons. The zero-order valence-corrected chi connectivity index (χ0v) is 12.9. The molecule has 7 heteroatoms. The third-order valence-corrected chi connectivity index (χ3v) is 3.28. The Morgan fingerprint density at radius 1 is 1.36 bits per heavy atom. The first-order valence-electron chi connectivity index (χ1n) is 7.12. The third kappa shape index (κ3) is 4.49. The van der Waals surface area contributed by atoms with Crippen molar-refractivity contribution in [1.29, 1.82) is 0 Å². The molecule has 0 spiro atoms. The lowest BCUT2D eigenvalue weighted by molar-refractivity contribution is -0.387. The van der Waals surface area contributed by atoms with Gasteiger partial charge in [-0.2, -0.15) is 4.39 Å². The van der Waals surface area contributed by atoms with Crippen molar-refractivity contribution in [2.45, 2.75) is 33.3 Å². The van der Waals surface area contributed by atoms with Crippen molar-refractivity contribution in [3.05, 3.63) is 39.7 Å². The average Bonchev–Trinajstić information content (AvgIpc) is 2.46. The molecular formula is C15H20FNO5. The molecule has 6 nitrogen and oxygen atoms in total. The van der Waals surface area contributed by atoms with Gasteiger partial charge in [-0.05, 0) is 32.8 Å². The molecule has 0 aliphatic rings. The first-order valence-corrected chi connectivity index (χ1v) is 7.12. The Morgan fingerprint density at radius 3 is 2.59 bits per heavy atom. The molecule has 0 N–H and O–H groups in total. The van der Waals surface area contributed by atoms with E-state index in [1.807, 2.05) is 0 Å². The molecule has 0 saturated carbocycles. The van der Waals surface area contributed by atoms with E-state index in [2.05, 4.69) is 0 Å². The monoisotopic (exact) mass is 313 g/mol. The van der Waals surface area contributed by atoms with Gasteiger partial charge >= 0.3 is 11.7 Å².